The molecular weight excluding hydrogens is 292 g/mol. The van der Waals surface area contributed by atoms with E-state index in [2.05, 4.69) is 10.6 Å². The molecule has 0 aliphatic carbocycles. The summed E-state index contributed by atoms with van der Waals surface area (Å²) in [6.45, 7) is 1.69. The van der Waals surface area contributed by atoms with E-state index in [1.165, 1.54) is 12.1 Å². The van der Waals surface area contributed by atoms with Crippen LogP contribution in [0.25, 0.3) is 0 Å². The smallest absolute Gasteiger partial charge is 0.287 e. The SMILES string of the molecule is CS(=O)(=O)c1ccc(C(=O)N[C@H]2CCCNC2)o1.Cl. The van der Waals surface area contributed by atoms with Crippen LogP contribution in [-0.2, 0) is 9.84 Å². The van der Waals surface area contributed by atoms with E-state index < -0.39 is 9.84 Å². The summed E-state index contributed by atoms with van der Waals surface area (Å²) in [5.74, 6) is -0.348. The second-order valence-electron chi connectivity index (χ2n) is 4.41. The Morgan fingerprint density at radius 3 is 2.74 bits per heavy atom. The third-order valence-electron chi connectivity index (χ3n) is 2.80. The predicted molar refractivity (Wildman–Crippen MR) is 72.4 cm³/mol. The Bertz CT molecular complexity index is 535. The first-order valence-corrected chi connectivity index (χ1v) is 7.67. The molecule has 0 bridgehead atoms. The van der Waals surface area contributed by atoms with Gasteiger partial charge in [-0.1, -0.05) is 0 Å². The summed E-state index contributed by atoms with van der Waals surface area (Å²) >= 11 is 0. The van der Waals surface area contributed by atoms with Gasteiger partial charge in [0.15, 0.2) is 5.76 Å². The molecule has 1 amide bonds. The second-order valence-corrected chi connectivity index (χ2v) is 6.35. The van der Waals surface area contributed by atoms with Crippen LogP contribution in [0.2, 0.25) is 0 Å². The molecule has 1 aromatic rings. The zero-order chi connectivity index (χ0) is 13.2. The molecule has 1 aliphatic rings. The van der Waals surface area contributed by atoms with Gasteiger partial charge >= 0.3 is 0 Å². The number of nitrogens with one attached hydrogen (secondary N) is 2. The van der Waals surface area contributed by atoms with Gasteiger partial charge in [-0.3, -0.25) is 4.79 Å². The van der Waals surface area contributed by atoms with E-state index >= 15 is 0 Å². The van der Waals surface area contributed by atoms with Gasteiger partial charge in [0.1, 0.15) is 0 Å². The van der Waals surface area contributed by atoms with Gasteiger partial charge in [-0.2, -0.15) is 0 Å². The quantitative estimate of drug-likeness (QED) is 0.853. The maximum Gasteiger partial charge on any atom is 0.287 e. The lowest BCUT2D eigenvalue weighted by Gasteiger charge is -2.23. The normalized spacial score (nSPS) is 19.5. The summed E-state index contributed by atoms with van der Waals surface area (Å²) in [7, 11) is -3.41. The van der Waals surface area contributed by atoms with E-state index in [4.69, 9.17) is 4.42 Å². The third-order valence-corrected chi connectivity index (χ3v) is 3.75. The maximum atomic E-state index is 11.8. The topological polar surface area (TPSA) is 88.4 Å². The van der Waals surface area contributed by atoms with E-state index in [0.29, 0.717) is 0 Å². The average molecular weight is 309 g/mol. The number of hydrogen-bond donors (Lipinski definition) is 2. The Hall–Kier alpha value is -1.05. The van der Waals surface area contributed by atoms with Crippen LogP contribution in [0.3, 0.4) is 0 Å². The zero-order valence-corrected chi connectivity index (χ0v) is 12.1. The largest absolute Gasteiger partial charge is 0.440 e. The van der Waals surface area contributed by atoms with Crippen molar-refractivity contribution in [3.05, 3.63) is 17.9 Å². The Balaban J connectivity index is 0.00000180. The molecule has 0 aromatic carbocycles. The van der Waals surface area contributed by atoms with Crippen LogP contribution in [0.4, 0.5) is 0 Å². The molecule has 2 rings (SSSR count). The van der Waals surface area contributed by atoms with Crippen molar-refractivity contribution in [3.63, 3.8) is 0 Å². The molecule has 2 N–H and O–H groups in total. The van der Waals surface area contributed by atoms with E-state index in [1.807, 2.05) is 0 Å². The molecule has 1 aromatic heterocycles. The molecule has 0 radical (unpaired) electrons. The lowest BCUT2D eigenvalue weighted by Crippen LogP contribution is -2.45. The lowest BCUT2D eigenvalue weighted by molar-refractivity contribution is 0.0897. The van der Waals surface area contributed by atoms with Gasteiger partial charge in [0.05, 0.1) is 0 Å². The summed E-state index contributed by atoms with van der Waals surface area (Å²) in [6.07, 6.45) is 2.97. The minimum absolute atomic E-state index is 0. The summed E-state index contributed by atoms with van der Waals surface area (Å²) in [5, 5.41) is 5.80. The van der Waals surface area contributed by atoms with Crippen molar-refractivity contribution in [2.45, 2.75) is 24.0 Å². The van der Waals surface area contributed by atoms with Crippen molar-refractivity contribution in [1.29, 1.82) is 0 Å². The summed E-state index contributed by atoms with van der Waals surface area (Å²) in [4.78, 5) is 11.8. The monoisotopic (exact) mass is 308 g/mol. The van der Waals surface area contributed by atoms with Crippen molar-refractivity contribution >= 4 is 28.2 Å². The minimum atomic E-state index is -3.41. The first kappa shape index (κ1) is 16.0. The molecule has 1 atom stereocenters. The van der Waals surface area contributed by atoms with Gasteiger partial charge in [0.25, 0.3) is 5.91 Å². The lowest BCUT2D eigenvalue weighted by atomic mass is 10.1. The molecular formula is C11H17ClN2O4S. The number of amides is 1. The van der Waals surface area contributed by atoms with Crippen LogP contribution in [0.1, 0.15) is 23.4 Å². The number of furan rings is 1. The molecule has 19 heavy (non-hydrogen) atoms. The first-order chi connectivity index (χ1) is 8.47. The Labute approximate surface area is 118 Å². The molecule has 0 unspecified atom stereocenters. The molecule has 0 spiro atoms. The molecule has 1 fully saturated rings. The molecule has 108 valence electrons. The number of hydrogen-bond acceptors (Lipinski definition) is 5. The number of carbonyl (C=O) groups excluding carboxylic acids is 1. The van der Waals surface area contributed by atoms with Gasteiger partial charge in [-0.25, -0.2) is 8.42 Å². The van der Waals surface area contributed by atoms with Gasteiger partial charge in [-0.05, 0) is 31.5 Å². The van der Waals surface area contributed by atoms with Crippen molar-refractivity contribution < 1.29 is 17.6 Å². The van der Waals surface area contributed by atoms with Crippen molar-refractivity contribution in [3.8, 4) is 0 Å². The van der Waals surface area contributed by atoms with Crippen molar-refractivity contribution in [2.24, 2.45) is 0 Å². The second kappa shape index (κ2) is 6.40. The van der Waals surface area contributed by atoms with Crippen LogP contribution in [-0.4, -0.2) is 39.7 Å². The van der Waals surface area contributed by atoms with Crippen LogP contribution in [0.15, 0.2) is 21.6 Å². The van der Waals surface area contributed by atoms with Crippen molar-refractivity contribution in [2.75, 3.05) is 19.3 Å². The molecule has 8 heteroatoms. The number of halogens is 1. The fraction of sp³-hybridized carbons (Fsp3) is 0.545. The zero-order valence-electron chi connectivity index (χ0n) is 10.5. The van der Waals surface area contributed by atoms with Crippen LogP contribution in [0, 0.1) is 0 Å². The number of rotatable bonds is 3. The molecule has 6 nitrogen and oxygen atoms in total. The van der Waals surface area contributed by atoms with E-state index in [0.717, 1.165) is 32.2 Å². The Kier molecular flexibility index (Phi) is 5.39. The fourth-order valence-corrected chi connectivity index (χ4v) is 2.43. The Morgan fingerprint density at radius 1 is 1.47 bits per heavy atom. The Morgan fingerprint density at radius 2 is 2.21 bits per heavy atom. The highest BCUT2D eigenvalue weighted by atomic mass is 35.5. The van der Waals surface area contributed by atoms with Crippen molar-refractivity contribution in [1.82, 2.24) is 10.6 Å². The standard InChI is InChI=1S/C11H16N2O4S.ClH/c1-18(15,16)10-5-4-9(17-10)11(14)13-8-3-2-6-12-7-8;/h4-5,8,12H,2-3,6-7H2,1H3,(H,13,14);1H/t8-;/m0./s1. The highest BCUT2D eigenvalue weighted by Crippen LogP contribution is 2.14. The summed E-state index contributed by atoms with van der Waals surface area (Å²) in [6, 6.07) is 2.74. The summed E-state index contributed by atoms with van der Waals surface area (Å²) in [5.41, 5.74) is 0. The number of sulfone groups is 1. The first-order valence-electron chi connectivity index (χ1n) is 5.78. The van der Waals surface area contributed by atoms with E-state index in [9.17, 15) is 13.2 Å². The van der Waals surface area contributed by atoms with Crippen LogP contribution >= 0.6 is 12.4 Å². The van der Waals surface area contributed by atoms with E-state index in [-0.39, 0.29) is 35.2 Å². The van der Waals surface area contributed by atoms with Crippen LogP contribution < -0.4 is 10.6 Å². The maximum absolute atomic E-state index is 11.8. The molecule has 0 saturated carbocycles. The van der Waals surface area contributed by atoms with Gasteiger partial charge in [0.2, 0.25) is 14.9 Å². The highest BCUT2D eigenvalue weighted by Gasteiger charge is 2.20. The molecule has 1 saturated heterocycles. The average Bonchev–Trinajstić information content (AvgIpc) is 2.79. The highest BCUT2D eigenvalue weighted by molar-refractivity contribution is 7.90. The minimum Gasteiger partial charge on any atom is -0.440 e. The predicted octanol–water partition coefficient (Wildman–Crippen LogP) is 0.587. The van der Waals surface area contributed by atoms with E-state index in [1.54, 1.807) is 0 Å². The molecule has 1 aliphatic heterocycles. The van der Waals surface area contributed by atoms with Gasteiger partial charge in [0, 0.05) is 18.8 Å². The van der Waals surface area contributed by atoms with Crippen LogP contribution in [0.5, 0.6) is 0 Å². The number of carbonyl (C=O) groups is 1. The van der Waals surface area contributed by atoms with Gasteiger partial charge in [-0.15, -0.1) is 12.4 Å². The fourth-order valence-electron chi connectivity index (χ4n) is 1.87. The molecule has 2 heterocycles. The summed E-state index contributed by atoms with van der Waals surface area (Å²) < 4.78 is 27.5. The van der Waals surface area contributed by atoms with Gasteiger partial charge < -0.3 is 15.1 Å². The number of piperidine rings is 1. The third kappa shape index (κ3) is 4.22.